The third-order valence-corrected chi connectivity index (χ3v) is 7.27. The number of carboxylic acids is 1. The molecule has 13 nitrogen and oxygen atoms in total. The van der Waals surface area contributed by atoms with Crippen LogP contribution in [0.25, 0.3) is 0 Å². The molecular formula is C28H44N6O7. The van der Waals surface area contributed by atoms with Crippen molar-refractivity contribution in [2.45, 2.75) is 69.2 Å². The third kappa shape index (κ3) is 11.1. The van der Waals surface area contributed by atoms with E-state index in [4.69, 9.17) is 16.2 Å². The van der Waals surface area contributed by atoms with Gasteiger partial charge in [0.25, 0.3) is 0 Å². The number of rotatable bonds is 17. The first kappa shape index (κ1) is 33.7. The second kappa shape index (κ2) is 17.3. The Bertz CT molecular complexity index is 1020. The predicted octanol–water partition coefficient (Wildman–Crippen LogP) is -0.871. The molecule has 1 saturated heterocycles. The van der Waals surface area contributed by atoms with E-state index in [0.717, 1.165) is 5.56 Å². The van der Waals surface area contributed by atoms with Gasteiger partial charge in [0.05, 0.1) is 18.6 Å². The zero-order valence-electron chi connectivity index (χ0n) is 23.8. The Hall–Kier alpha value is -3.55. The third-order valence-electron chi connectivity index (χ3n) is 7.27. The number of likely N-dealkylation sites (N-methyl/N-ethyl adjacent to an activating group) is 1. The Morgan fingerprint density at radius 1 is 1.07 bits per heavy atom. The number of piperidine rings is 1. The highest BCUT2D eigenvalue weighted by molar-refractivity contribution is 5.90. The van der Waals surface area contributed by atoms with E-state index >= 15 is 0 Å². The van der Waals surface area contributed by atoms with E-state index in [1.165, 1.54) is 7.11 Å². The number of carbonyl (C=O) groups is 5. The first-order valence-electron chi connectivity index (χ1n) is 13.9. The predicted molar refractivity (Wildman–Crippen MR) is 151 cm³/mol. The van der Waals surface area contributed by atoms with Gasteiger partial charge in [-0.25, -0.2) is 4.79 Å². The number of benzene rings is 1. The summed E-state index contributed by atoms with van der Waals surface area (Å²) in [5.74, 6) is -3.80. The van der Waals surface area contributed by atoms with Crippen LogP contribution in [0.2, 0.25) is 0 Å². The summed E-state index contributed by atoms with van der Waals surface area (Å²) >= 11 is 0. The van der Waals surface area contributed by atoms with Gasteiger partial charge in [-0.05, 0) is 51.3 Å². The Labute approximate surface area is 240 Å². The molecule has 0 aromatic heterocycles. The van der Waals surface area contributed by atoms with Gasteiger partial charge in [0.1, 0.15) is 12.1 Å². The van der Waals surface area contributed by atoms with Crippen molar-refractivity contribution in [2.75, 3.05) is 33.8 Å². The van der Waals surface area contributed by atoms with Gasteiger partial charge < -0.3 is 42.2 Å². The highest BCUT2D eigenvalue weighted by Crippen LogP contribution is 2.24. The van der Waals surface area contributed by atoms with Crippen LogP contribution >= 0.6 is 0 Å². The zero-order chi connectivity index (χ0) is 30.4. The minimum Gasteiger partial charge on any atom is -0.480 e. The summed E-state index contributed by atoms with van der Waals surface area (Å²) in [6.07, 6.45) is 1.67. The van der Waals surface area contributed by atoms with E-state index in [9.17, 15) is 29.1 Å². The number of unbranched alkanes of at least 4 members (excludes halogenated alkanes) is 1. The fraction of sp³-hybridized carbons (Fsp3) is 0.607. The Morgan fingerprint density at radius 3 is 2.37 bits per heavy atom. The number of carboxylic acid groups (broad SMARTS) is 1. The highest BCUT2D eigenvalue weighted by atomic mass is 16.5. The summed E-state index contributed by atoms with van der Waals surface area (Å²) in [6.45, 7) is 1.02. The number of amides is 4. The molecule has 13 heteroatoms. The van der Waals surface area contributed by atoms with E-state index < -0.39 is 48.2 Å². The standard InChI is InChI=1S/C28H44N6O7/c1-31-21(14-18-8-4-3-5-9-18)26(37)33-20(10-6-7-12-29)27(38)34-13-11-23(41-2)19(17-34)15-25(36)32-22(28(39)40)16-24(30)35/h3-5,8-9,19-23,31H,6-7,10-17,29H2,1-2H3,(H2,30,35)(H,32,36)(H,33,37)(H,39,40)/t19-,20+,21+,22+,23+/m1/s1. The number of methoxy groups -OCH3 is 1. The average molecular weight is 577 g/mol. The van der Waals surface area contributed by atoms with Crippen LogP contribution in [-0.4, -0.2) is 97.6 Å². The summed E-state index contributed by atoms with van der Waals surface area (Å²) in [5, 5.41) is 17.6. The van der Waals surface area contributed by atoms with E-state index in [0.29, 0.717) is 45.2 Å². The number of aliphatic carboxylic acids is 1. The number of nitrogens with two attached hydrogens (primary N) is 2. The largest absolute Gasteiger partial charge is 0.480 e. The second-order valence-corrected chi connectivity index (χ2v) is 10.3. The molecule has 0 spiro atoms. The summed E-state index contributed by atoms with van der Waals surface area (Å²) < 4.78 is 5.56. The molecule has 0 bridgehead atoms. The lowest BCUT2D eigenvalue weighted by Gasteiger charge is -2.39. The minimum absolute atomic E-state index is 0.117. The molecule has 1 aliphatic rings. The maximum Gasteiger partial charge on any atom is 0.326 e. The van der Waals surface area contributed by atoms with Crippen LogP contribution in [0, 0.1) is 5.92 Å². The maximum absolute atomic E-state index is 13.7. The monoisotopic (exact) mass is 576 g/mol. The minimum atomic E-state index is -1.44. The molecule has 0 aliphatic carbocycles. The number of nitrogens with one attached hydrogen (secondary N) is 3. The van der Waals surface area contributed by atoms with Crippen molar-refractivity contribution < 1.29 is 33.8 Å². The van der Waals surface area contributed by atoms with Crippen molar-refractivity contribution in [1.29, 1.82) is 0 Å². The van der Waals surface area contributed by atoms with Gasteiger partial charge in [0, 0.05) is 32.5 Å². The molecule has 1 fully saturated rings. The number of hydrogen-bond donors (Lipinski definition) is 6. The smallest absolute Gasteiger partial charge is 0.326 e. The molecule has 228 valence electrons. The molecule has 1 heterocycles. The topological polar surface area (TPSA) is 206 Å². The maximum atomic E-state index is 13.7. The quantitative estimate of drug-likeness (QED) is 0.127. The van der Waals surface area contributed by atoms with Crippen molar-refractivity contribution in [3.63, 3.8) is 0 Å². The number of likely N-dealkylation sites (tertiary alicyclic amines) is 1. The van der Waals surface area contributed by atoms with Crippen molar-refractivity contribution in [3.05, 3.63) is 35.9 Å². The Morgan fingerprint density at radius 2 is 1.78 bits per heavy atom. The lowest BCUT2D eigenvalue weighted by atomic mass is 9.90. The van der Waals surface area contributed by atoms with Gasteiger partial charge in [-0.2, -0.15) is 0 Å². The fourth-order valence-electron chi connectivity index (χ4n) is 5.03. The molecule has 0 saturated carbocycles. The molecule has 4 amide bonds. The fourth-order valence-corrected chi connectivity index (χ4v) is 5.03. The molecule has 8 N–H and O–H groups in total. The Kier molecular flexibility index (Phi) is 14.2. The first-order chi connectivity index (χ1) is 19.6. The molecule has 41 heavy (non-hydrogen) atoms. The SMILES string of the molecule is CN[C@@H](Cc1ccccc1)C(=O)N[C@@H](CCCCN)C(=O)N1CC[C@H](OC)[C@H](CC(=O)N[C@@H](CC(N)=O)C(=O)O)C1. The van der Waals surface area contributed by atoms with E-state index in [-0.39, 0.29) is 30.9 Å². The number of carbonyl (C=O) groups excluding carboxylic acids is 4. The van der Waals surface area contributed by atoms with Gasteiger partial charge >= 0.3 is 5.97 Å². The molecule has 0 unspecified atom stereocenters. The molecule has 1 aliphatic heterocycles. The molecule has 1 aromatic rings. The molecule has 5 atom stereocenters. The average Bonchev–Trinajstić information content (AvgIpc) is 2.94. The van der Waals surface area contributed by atoms with E-state index in [1.807, 2.05) is 30.3 Å². The number of primary amides is 1. The lowest BCUT2D eigenvalue weighted by Crippen LogP contribution is -2.56. The normalized spacial score (nSPS) is 19.0. The van der Waals surface area contributed by atoms with E-state index in [2.05, 4.69) is 16.0 Å². The lowest BCUT2D eigenvalue weighted by molar-refractivity contribution is -0.144. The van der Waals surface area contributed by atoms with Crippen LogP contribution < -0.4 is 27.4 Å². The van der Waals surface area contributed by atoms with Crippen LogP contribution in [-0.2, 0) is 35.1 Å². The summed E-state index contributed by atoms with van der Waals surface area (Å²) in [6, 6.07) is 6.81. The first-order valence-corrected chi connectivity index (χ1v) is 13.9. The molecular weight excluding hydrogens is 532 g/mol. The molecule has 0 radical (unpaired) electrons. The van der Waals surface area contributed by atoms with Gasteiger partial charge in [0.2, 0.25) is 23.6 Å². The molecule has 1 aromatic carbocycles. The van der Waals surface area contributed by atoms with Crippen LogP contribution in [0.4, 0.5) is 0 Å². The van der Waals surface area contributed by atoms with Crippen LogP contribution in [0.3, 0.4) is 0 Å². The van der Waals surface area contributed by atoms with Crippen molar-refractivity contribution in [3.8, 4) is 0 Å². The summed E-state index contributed by atoms with van der Waals surface area (Å²) in [7, 11) is 3.21. The van der Waals surface area contributed by atoms with Gasteiger partial charge in [0.15, 0.2) is 0 Å². The zero-order valence-corrected chi connectivity index (χ0v) is 23.8. The number of ether oxygens (including phenoxy) is 1. The highest BCUT2D eigenvalue weighted by Gasteiger charge is 2.36. The number of hydrogen-bond acceptors (Lipinski definition) is 8. The van der Waals surface area contributed by atoms with Crippen LogP contribution in [0.15, 0.2) is 30.3 Å². The van der Waals surface area contributed by atoms with E-state index in [1.54, 1.807) is 11.9 Å². The van der Waals surface area contributed by atoms with Gasteiger partial charge in [-0.1, -0.05) is 30.3 Å². The van der Waals surface area contributed by atoms with Gasteiger partial charge in [-0.3, -0.25) is 19.2 Å². The summed E-state index contributed by atoms with van der Waals surface area (Å²) in [5.41, 5.74) is 11.7. The Balaban J connectivity index is 2.11. The van der Waals surface area contributed by atoms with Crippen molar-refractivity contribution >= 4 is 29.6 Å². The van der Waals surface area contributed by atoms with Crippen molar-refractivity contribution in [1.82, 2.24) is 20.9 Å². The number of nitrogens with zero attached hydrogens (tertiary/aromatic N) is 1. The van der Waals surface area contributed by atoms with Gasteiger partial charge in [-0.15, -0.1) is 0 Å². The van der Waals surface area contributed by atoms with Crippen LogP contribution in [0.5, 0.6) is 0 Å². The molecule has 2 rings (SSSR count). The summed E-state index contributed by atoms with van der Waals surface area (Å²) in [4.78, 5) is 63.9. The van der Waals surface area contributed by atoms with Crippen LogP contribution in [0.1, 0.15) is 44.1 Å². The van der Waals surface area contributed by atoms with Crippen molar-refractivity contribution in [2.24, 2.45) is 17.4 Å². The second-order valence-electron chi connectivity index (χ2n) is 10.3.